The smallest absolute Gasteiger partial charge is 0.383 e. The molecular formula is C15H22F3N3O. The van der Waals surface area contributed by atoms with Crippen LogP contribution in [0.3, 0.4) is 0 Å². The fourth-order valence-electron chi connectivity index (χ4n) is 1.86. The molecule has 1 rings (SSSR count). The van der Waals surface area contributed by atoms with Gasteiger partial charge in [-0.3, -0.25) is 0 Å². The van der Waals surface area contributed by atoms with E-state index in [1.54, 1.807) is 13.2 Å². The number of alkyl halides is 3. The fourth-order valence-corrected chi connectivity index (χ4v) is 1.86. The number of nitrogens with zero attached hydrogens (tertiary/aromatic N) is 1. The Balaban J connectivity index is 2.77. The fraction of sp³-hybridized carbons (Fsp3) is 0.533. The highest BCUT2D eigenvalue weighted by molar-refractivity contribution is 5.80. The summed E-state index contributed by atoms with van der Waals surface area (Å²) in [5, 5.41) is 6.17. The summed E-state index contributed by atoms with van der Waals surface area (Å²) >= 11 is 0. The second-order valence-electron chi connectivity index (χ2n) is 4.89. The first-order valence-corrected chi connectivity index (χ1v) is 7.06. The van der Waals surface area contributed by atoms with Crippen molar-refractivity contribution in [2.75, 3.05) is 20.3 Å². The number of nitrogens with one attached hydrogen (secondary N) is 2. The van der Waals surface area contributed by atoms with E-state index < -0.39 is 11.7 Å². The zero-order valence-electron chi connectivity index (χ0n) is 13.0. The van der Waals surface area contributed by atoms with Gasteiger partial charge in [0, 0.05) is 19.7 Å². The molecule has 0 saturated carbocycles. The maximum Gasteiger partial charge on any atom is 0.416 e. The third-order valence-electron chi connectivity index (χ3n) is 2.82. The quantitative estimate of drug-likeness (QED) is 0.626. The van der Waals surface area contributed by atoms with Crippen LogP contribution in [0.25, 0.3) is 0 Å². The number of rotatable bonds is 6. The first kappa shape index (κ1) is 18.3. The van der Waals surface area contributed by atoms with Gasteiger partial charge in [-0.1, -0.05) is 12.1 Å². The third kappa shape index (κ3) is 6.34. The number of hydrogen-bond donors (Lipinski definition) is 2. The Bertz CT molecular complexity index is 489. The highest BCUT2D eigenvalue weighted by Gasteiger charge is 2.30. The van der Waals surface area contributed by atoms with Gasteiger partial charge in [0.05, 0.1) is 18.7 Å². The minimum Gasteiger partial charge on any atom is -0.383 e. The van der Waals surface area contributed by atoms with E-state index in [9.17, 15) is 13.2 Å². The van der Waals surface area contributed by atoms with Crippen LogP contribution >= 0.6 is 0 Å². The molecule has 2 N–H and O–H groups in total. The maximum atomic E-state index is 12.7. The van der Waals surface area contributed by atoms with Crippen LogP contribution in [0.5, 0.6) is 0 Å². The van der Waals surface area contributed by atoms with Crippen molar-refractivity contribution >= 4 is 5.96 Å². The van der Waals surface area contributed by atoms with Gasteiger partial charge in [-0.15, -0.1) is 0 Å². The Morgan fingerprint density at radius 3 is 2.68 bits per heavy atom. The molecule has 124 valence electrons. The Hall–Kier alpha value is -1.76. The number of methoxy groups -OCH3 is 1. The highest BCUT2D eigenvalue weighted by atomic mass is 19.4. The Morgan fingerprint density at radius 1 is 1.36 bits per heavy atom. The van der Waals surface area contributed by atoms with Crippen molar-refractivity contribution in [3.8, 4) is 0 Å². The molecule has 1 atom stereocenters. The van der Waals surface area contributed by atoms with Crippen LogP contribution in [0.4, 0.5) is 13.2 Å². The van der Waals surface area contributed by atoms with Gasteiger partial charge in [-0.25, -0.2) is 4.99 Å². The van der Waals surface area contributed by atoms with Crippen molar-refractivity contribution in [3.05, 3.63) is 35.4 Å². The van der Waals surface area contributed by atoms with Gasteiger partial charge < -0.3 is 15.4 Å². The molecule has 0 aliphatic rings. The summed E-state index contributed by atoms with van der Waals surface area (Å²) in [4.78, 5) is 4.30. The van der Waals surface area contributed by atoms with Crippen molar-refractivity contribution in [2.45, 2.75) is 32.6 Å². The van der Waals surface area contributed by atoms with Gasteiger partial charge in [0.15, 0.2) is 5.96 Å². The lowest BCUT2D eigenvalue weighted by atomic mass is 10.1. The topological polar surface area (TPSA) is 45.7 Å². The van der Waals surface area contributed by atoms with Crippen LogP contribution in [0.2, 0.25) is 0 Å². The minimum absolute atomic E-state index is 0.0457. The van der Waals surface area contributed by atoms with Crippen molar-refractivity contribution in [3.63, 3.8) is 0 Å². The Morgan fingerprint density at radius 2 is 2.09 bits per heavy atom. The van der Waals surface area contributed by atoms with E-state index in [1.165, 1.54) is 6.07 Å². The zero-order chi connectivity index (χ0) is 16.6. The van der Waals surface area contributed by atoms with Crippen molar-refractivity contribution < 1.29 is 17.9 Å². The predicted molar refractivity (Wildman–Crippen MR) is 80.7 cm³/mol. The van der Waals surface area contributed by atoms with Crippen LogP contribution in [-0.2, 0) is 17.5 Å². The van der Waals surface area contributed by atoms with E-state index in [0.717, 1.165) is 12.1 Å². The number of aliphatic imine (C=N–C) groups is 1. The highest BCUT2D eigenvalue weighted by Crippen LogP contribution is 2.29. The molecule has 0 fully saturated rings. The van der Waals surface area contributed by atoms with E-state index in [0.29, 0.717) is 24.7 Å². The van der Waals surface area contributed by atoms with Gasteiger partial charge in [0.25, 0.3) is 0 Å². The van der Waals surface area contributed by atoms with Crippen LogP contribution in [-0.4, -0.2) is 32.3 Å². The summed E-state index contributed by atoms with van der Waals surface area (Å²) in [7, 11) is 1.60. The molecule has 0 radical (unpaired) electrons. The number of hydrogen-bond acceptors (Lipinski definition) is 2. The lowest BCUT2D eigenvalue weighted by Crippen LogP contribution is -2.43. The molecule has 0 saturated heterocycles. The average Bonchev–Trinajstić information content (AvgIpc) is 2.45. The zero-order valence-corrected chi connectivity index (χ0v) is 13.0. The van der Waals surface area contributed by atoms with Gasteiger partial charge >= 0.3 is 6.18 Å². The lowest BCUT2D eigenvalue weighted by Gasteiger charge is -2.17. The van der Waals surface area contributed by atoms with Gasteiger partial charge in [0.2, 0.25) is 0 Å². The van der Waals surface area contributed by atoms with Crippen LogP contribution < -0.4 is 10.6 Å². The number of benzene rings is 1. The van der Waals surface area contributed by atoms with Gasteiger partial charge in [-0.05, 0) is 31.5 Å². The van der Waals surface area contributed by atoms with E-state index in [1.807, 2.05) is 13.8 Å². The molecule has 7 heteroatoms. The normalized spacial score (nSPS) is 13.8. The molecule has 0 amide bonds. The van der Waals surface area contributed by atoms with E-state index in [-0.39, 0.29) is 12.6 Å². The van der Waals surface area contributed by atoms with Crippen LogP contribution in [0, 0.1) is 0 Å². The number of ether oxygens (including phenoxy) is 1. The third-order valence-corrected chi connectivity index (χ3v) is 2.82. The van der Waals surface area contributed by atoms with Gasteiger partial charge in [-0.2, -0.15) is 13.2 Å². The first-order chi connectivity index (χ1) is 10.4. The second kappa shape index (κ2) is 8.63. The molecule has 22 heavy (non-hydrogen) atoms. The standard InChI is InChI=1S/C15H22F3N3O/c1-4-19-14(21-11(2)10-22-3)20-9-12-6-5-7-13(8-12)15(16,17)18/h5-8,11H,4,9-10H2,1-3H3,(H2,19,20,21). The van der Waals surface area contributed by atoms with E-state index >= 15 is 0 Å². The van der Waals surface area contributed by atoms with E-state index in [2.05, 4.69) is 15.6 Å². The largest absolute Gasteiger partial charge is 0.416 e. The SMILES string of the molecule is CCNC(=NCc1cccc(C(F)(F)F)c1)NC(C)COC. The molecular weight excluding hydrogens is 295 g/mol. The lowest BCUT2D eigenvalue weighted by molar-refractivity contribution is -0.137. The summed E-state index contributed by atoms with van der Waals surface area (Å²) in [5.74, 6) is 0.546. The number of guanidine groups is 1. The molecule has 1 aromatic carbocycles. The van der Waals surface area contributed by atoms with Crippen LogP contribution in [0.1, 0.15) is 25.0 Å². The minimum atomic E-state index is -4.34. The summed E-state index contributed by atoms with van der Waals surface area (Å²) in [6, 6.07) is 5.23. The molecule has 1 unspecified atom stereocenters. The first-order valence-electron chi connectivity index (χ1n) is 7.06. The molecule has 0 aliphatic carbocycles. The molecule has 1 aromatic rings. The Labute approximate surface area is 128 Å². The Kier molecular flexibility index (Phi) is 7.17. The molecule has 0 spiro atoms. The molecule has 0 aliphatic heterocycles. The summed E-state index contributed by atoms with van der Waals surface area (Å²) in [6.45, 7) is 5.18. The molecule has 0 heterocycles. The summed E-state index contributed by atoms with van der Waals surface area (Å²) in [5.41, 5.74) is -0.155. The number of halogens is 3. The second-order valence-corrected chi connectivity index (χ2v) is 4.89. The van der Waals surface area contributed by atoms with Crippen LogP contribution in [0.15, 0.2) is 29.3 Å². The predicted octanol–water partition coefficient (Wildman–Crippen LogP) is 2.80. The van der Waals surface area contributed by atoms with Crippen molar-refractivity contribution in [1.82, 2.24) is 10.6 Å². The van der Waals surface area contributed by atoms with Crippen molar-refractivity contribution in [1.29, 1.82) is 0 Å². The maximum absolute atomic E-state index is 12.7. The molecule has 4 nitrogen and oxygen atoms in total. The molecule has 0 bridgehead atoms. The average molecular weight is 317 g/mol. The van der Waals surface area contributed by atoms with Gasteiger partial charge in [0.1, 0.15) is 0 Å². The summed E-state index contributed by atoms with van der Waals surface area (Å²) < 4.78 is 43.0. The van der Waals surface area contributed by atoms with Crippen molar-refractivity contribution in [2.24, 2.45) is 4.99 Å². The summed E-state index contributed by atoms with van der Waals surface area (Å²) in [6.07, 6.45) is -4.34. The van der Waals surface area contributed by atoms with E-state index in [4.69, 9.17) is 4.74 Å². The molecule has 0 aromatic heterocycles. The monoisotopic (exact) mass is 317 g/mol.